The monoisotopic (exact) mass is 479 g/mol. The van der Waals surface area contributed by atoms with Crippen LogP contribution in [0.4, 0.5) is 17.1 Å². The Morgan fingerprint density at radius 1 is 1.15 bits per heavy atom. The van der Waals surface area contributed by atoms with Crippen LogP contribution in [0.5, 0.6) is 0 Å². The fourth-order valence-electron chi connectivity index (χ4n) is 3.85. The summed E-state index contributed by atoms with van der Waals surface area (Å²) in [5.41, 5.74) is 8.24. The summed E-state index contributed by atoms with van der Waals surface area (Å²) < 4.78 is 5.72. The van der Waals surface area contributed by atoms with E-state index < -0.39 is 11.5 Å². The highest BCUT2D eigenvalue weighted by Gasteiger charge is 2.23. The number of carbonyl (C=O) groups excluding carboxylic acids is 2. The average Bonchev–Trinajstić information content (AvgIpc) is 3.22. The van der Waals surface area contributed by atoms with Crippen molar-refractivity contribution in [2.24, 2.45) is 0 Å². The number of nitrogens with two attached hydrogens (primary N) is 1. The summed E-state index contributed by atoms with van der Waals surface area (Å²) in [6.07, 6.45) is 1.12. The van der Waals surface area contributed by atoms with Gasteiger partial charge in [0.15, 0.2) is 5.76 Å². The second-order valence-electron chi connectivity index (χ2n) is 8.90. The number of fused-ring (bicyclic) bond motifs is 2. The molecule has 8 heteroatoms. The van der Waals surface area contributed by atoms with Crippen molar-refractivity contribution in [1.29, 1.82) is 0 Å². The molecule has 0 fully saturated rings. The van der Waals surface area contributed by atoms with Crippen LogP contribution in [0.1, 0.15) is 36.9 Å². The summed E-state index contributed by atoms with van der Waals surface area (Å²) in [4.78, 5) is 31.0. The smallest absolute Gasteiger partial charge is 0.291 e. The van der Waals surface area contributed by atoms with Gasteiger partial charge in [0.1, 0.15) is 5.58 Å². The van der Waals surface area contributed by atoms with Gasteiger partial charge in [-0.25, -0.2) is 0 Å². The molecular formula is C26H26ClN3O4. The van der Waals surface area contributed by atoms with Gasteiger partial charge in [-0.3, -0.25) is 14.4 Å². The maximum absolute atomic E-state index is 13.2. The number of hydroxylamine groups is 1. The van der Waals surface area contributed by atoms with Crippen LogP contribution >= 0.6 is 11.6 Å². The van der Waals surface area contributed by atoms with E-state index in [1.165, 1.54) is 5.06 Å². The zero-order valence-electron chi connectivity index (χ0n) is 19.2. The van der Waals surface area contributed by atoms with Gasteiger partial charge in [0, 0.05) is 28.0 Å². The van der Waals surface area contributed by atoms with Crippen molar-refractivity contribution in [3.8, 4) is 0 Å². The molecule has 2 amide bonds. The quantitative estimate of drug-likeness (QED) is 0.149. The molecule has 4 rings (SSSR count). The van der Waals surface area contributed by atoms with Gasteiger partial charge in [-0.15, -0.1) is 11.6 Å². The Kier molecular flexibility index (Phi) is 6.50. The number of aryl methyl sites for hydroxylation is 1. The molecule has 0 aliphatic rings. The SMILES string of the molecule is CC(C)(C)ON(C=O)c1cc(NC(=O)c2cc3cc(N)ccc3o2)c(CCCl)c2ccccc12. The van der Waals surface area contributed by atoms with E-state index >= 15 is 0 Å². The van der Waals surface area contributed by atoms with Crippen LogP contribution in [0.3, 0.4) is 0 Å². The highest BCUT2D eigenvalue weighted by atomic mass is 35.5. The van der Waals surface area contributed by atoms with Gasteiger partial charge < -0.3 is 15.5 Å². The summed E-state index contributed by atoms with van der Waals surface area (Å²) >= 11 is 6.11. The molecule has 1 aromatic heterocycles. The minimum absolute atomic E-state index is 0.144. The molecule has 1 heterocycles. The number of nitrogens with zero attached hydrogens (tertiary/aromatic N) is 1. The number of hydrogen-bond donors (Lipinski definition) is 2. The number of furan rings is 1. The summed E-state index contributed by atoms with van der Waals surface area (Å²) in [6.45, 7) is 5.56. The third-order valence-electron chi connectivity index (χ3n) is 5.20. The number of rotatable bonds is 7. The molecule has 4 aromatic rings. The van der Waals surface area contributed by atoms with E-state index in [9.17, 15) is 9.59 Å². The van der Waals surface area contributed by atoms with E-state index in [4.69, 9.17) is 26.6 Å². The largest absolute Gasteiger partial charge is 0.451 e. The molecule has 0 unspecified atom stereocenters. The first-order valence-corrected chi connectivity index (χ1v) is 11.4. The van der Waals surface area contributed by atoms with Crippen molar-refractivity contribution in [2.75, 3.05) is 22.0 Å². The number of amides is 2. The van der Waals surface area contributed by atoms with E-state index in [1.54, 1.807) is 30.3 Å². The maximum Gasteiger partial charge on any atom is 0.291 e. The third-order valence-corrected chi connectivity index (χ3v) is 5.39. The molecular weight excluding hydrogens is 454 g/mol. The maximum atomic E-state index is 13.2. The Morgan fingerprint density at radius 3 is 2.56 bits per heavy atom. The lowest BCUT2D eigenvalue weighted by Crippen LogP contribution is -2.33. The fourth-order valence-corrected chi connectivity index (χ4v) is 4.04. The molecule has 0 saturated heterocycles. The van der Waals surface area contributed by atoms with E-state index in [2.05, 4.69) is 5.32 Å². The topological polar surface area (TPSA) is 97.8 Å². The fraction of sp³-hybridized carbons (Fsp3) is 0.231. The van der Waals surface area contributed by atoms with Crippen molar-refractivity contribution in [2.45, 2.75) is 32.8 Å². The Labute approximate surface area is 202 Å². The molecule has 0 bridgehead atoms. The van der Waals surface area contributed by atoms with Crippen LogP contribution in [-0.4, -0.2) is 23.8 Å². The molecule has 34 heavy (non-hydrogen) atoms. The lowest BCUT2D eigenvalue weighted by molar-refractivity contribution is -0.120. The van der Waals surface area contributed by atoms with E-state index in [0.717, 1.165) is 21.7 Å². The van der Waals surface area contributed by atoms with Gasteiger partial charge in [-0.05, 0) is 68.5 Å². The van der Waals surface area contributed by atoms with Gasteiger partial charge in [0.05, 0.1) is 11.3 Å². The van der Waals surface area contributed by atoms with Crippen molar-refractivity contribution < 1.29 is 18.8 Å². The normalized spacial score (nSPS) is 11.6. The summed E-state index contributed by atoms with van der Waals surface area (Å²) in [5.74, 6) is 0.0676. The Morgan fingerprint density at radius 2 is 1.88 bits per heavy atom. The van der Waals surface area contributed by atoms with Gasteiger partial charge in [0.25, 0.3) is 5.91 Å². The van der Waals surface area contributed by atoms with E-state index in [-0.39, 0.29) is 5.76 Å². The van der Waals surface area contributed by atoms with Crippen LogP contribution in [0.2, 0.25) is 0 Å². The van der Waals surface area contributed by atoms with Gasteiger partial charge >= 0.3 is 0 Å². The first-order chi connectivity index (χ1) is 16.2. The molecule has 3 aromatic carbocycles. The number of benzene rings is 3. The molecule has 3 N–H and O–H groups in total. The van der Waals surface area contributed by atoms with Crippen molar-refractivity contribution in [3.63, 3.8) is 0 Å². The van der Waals surface area contributed by atoms with Crippen LogP contribution in [0.15, 0.2) is 59.0 Å². The number of carbonyl (C=O) groups is 2. The molecule has 0 aliphatic carbocycles. The number of nitrogens with one attached hydrogen (secondary N) is 1. The second-order valence-corrected chi connectivity index (χ2v) is 9.28. The zero-order valence-corrected chi connectivity index (χ0v) is 20.0. The van der Waals surface area contributed by atoms with Crippen molar-refractivity contribution in [1.82, 2.24) is 0 Å². The van der Waals surface area contributed by atoms with Crippen LogP contribution in [0, 0.1) is 0 Å². The number of anilines is 3. The third kappa shape index (κ3) is 4.85. The average molecular weight is 480 g/mol. The Bertz CT molecular complexity index is 1370. The second kappa shape index (κ2) is 9.37. The first kappa shape index (κ1) is 23.6. The minimum Gasteiger partial charge on any atom is -0.451 e. The Hall–Kier alpha value is -3.55. The predicted octanol–water partition coefficient (Wildman–Crippen LogP) is 5.89. The molecule has 0 saturated carbocycles. The summed E-state index contributed by atoms with van der Waals surface area (Å²) in [5, 5.41) is 6.52. The first-order valence-electron chi connectivity index (χ1n) is 10.8. The highest BCUT2D eigenvalue weighted by Crippen LogP contribution is 2.37. The van der Waals surface area contributed by atoms with Crippen molar-refractivity contribution in [3.05, 3.63) is 65.9 Å². The summed E-state index contributed by atoms with van der Waals surface area (Å²) in [6, 6.07) is 16.2. The van der Waals surface area contributed by atoms with Crippen LogP contribution in [-0.2, 0) is 16.1 Å². The lowest BCUT2D eigenvalue weighted by atomic mass is 9.98. The number of halogens is 1. The summed E-state index contributed by atoms with van der Waals surface area (Å²) in [7, 11) is 0. The molecule has 176 valence electrons. The number of hydrogen-bond acceptors (Lipinski definition) is 5. The van der Waals surface area contributed by atoms with E-state index in [0.29, 0.717) is 41.4 Å². The molecule has 0 spiro atoms. The van der Waals surface area contributed by atoms with Gasteiger partial charge in [-0.2, -0.15) is 5.06 Å². The number of alkyl halides is 1. The number of nitrogen functional groups attached to an aromatic ring is 1. The molecule has 0 radical (unpaired) electrons. The van der Waals surface area contributed by atoms with Gasteiger partial charge in [-0.1, -0.05) is 24.3 Å². The van der Waals surface area contributed by atoms with Crippen LogP contribution in [0.25, 0.3) is 21.7 Å². The molecule has 7 nitrogen and oxygen atoms in total. The van der Waals surface area contributed by atoms with E-state index in [1.807, 2.05) is 45.0 Å². The lowest BCUT2D eigenvalue weighted by Gasteiger charge is -2.28. The predicted molar refractivity (Wildman–Crippen MR) is 136 cm³/mol. The van der Waals surface area contributed by atoms with Crippen LogP contribution < -0.4 is 16.1 Å². The molecule has 0 atom stereocenters. The van der Waals surface area contributed by atoms with Gasteiger partial charge in [0.2, 0.25) is 6.41 Å². The Balaban J connectivity index is 1.82. The standard InChI is InChI=1S/C26H26ClN3O4/c1-26(2,3)34-30(15-31)22-14-21(19(10-11-27)18-6-4-5-7-20(18)22)29-25(32)24-13-16-12-17(28)8-9-23(16)33-24/h4-9,12-15H,10-11,28H2,1-3H3,(H,29,32). The minimum atomic E-state index is -0.615. The van der Waals surface area contributed by atoms with Crippen molar-refractivity contribution >= 4 is 62.7 Å². The highest BCUT2D eigenvalue weighted by molar-refractivity contribution is 6.18. The zero-order chi connectivity index (χ0) is 24.5. The molecule has 0 aliphatic heterocycles.